The molecule has 0 amide bonds. The standard InChI is InChI=1S/C34H50N2O2/c1-3-5-7-9-11-15-27-19-21-29(33(37)23-27)25-35-31-17-13-14-18-32(31)36-26-30-22-20-28(24-34(30)38)16-12-10-8-6-4-2/h19-26,31-32,37-38H,3-18H2,1-2H3/t31-,32-/m0/s1. The Morgan fingerprint density at radius 2 is 1.05 bits per heavy atom. The Bertz CT molecular complexity index is 932. The first kappa shape index (κ1) is 29.9. The lowest BCUT2D eigenvalue weighted by Crippen LogP contribution is -2.27. The van der Waals surface area contributed by atoms with Gasteiger partial charge in [0.1, 0.15) is 11.5 Å². The van der Waals surface area contributed by atoms with Crippen molar-refractivity contribution in [1.82, 2.24) is 0 Å². The van der Waals surface area contributed by atoms with Gasteiger partial charge in [-0.1, -0.05) is 90.2 Å². The van der Waals surface area contributed by atoms with E-state index in [0.29, 0.717) is 11.5 Å². The molecule has 1 aliphatic carbocycles. The molecule has 1 aliphatic rings. The van der Waals surface area contributed by atoms with E-state index in [1.54, 1.807) is 0 Å². The minimum absolute atomic E-state index is 0.0992. The molecule has 0 bridgehead atoms. The van der Waals surface area contributed by atoms with Crippen molar-refractivity contribution >= 4 is 12.4 Å². The molecule has 0 heterocycles. The zero-order valence-corrected chi connectivity index (χ0v) is 23.9. The molecular formula is C34H50N2O2. The van der Waals surface area contributed by atoms with Gasteiger partial charge in [0.15, 0.2) is 0 Å². The van der Waals surface area contributed by atoms with Crippen LogP contribution in [0.4, 0.5) is 0 Å². The zero-order valence-electron chi connectivity index (χ0n) is 23.9. The maximum Gasteiger partial charge on any atom is 0.124 e. The first-order valence-electron chi connectivity index (χ1n) is 15.3. The third kappa shape index (κ3) is 10.3. The molecule has 4 heteroatoms. The Balaban J connectivity index is 1.55. The number of hydrogen-bond acceptors (Lipinski definition) is 4. The summed E-state index contributed by atoms with van der Waals surface area (Å²) in [7, 11) is 0. The minimum atomic E-state index is 0.0992. The van der Waals surface area contributed by atoms with E-state index in [1.807, 2.05) is 36.7 Å². The van der Waals surface area contributed by atoms with Crippen molar-refractivity contribution in [2.45, 2.75) is 129 Å². The van der Waals surface area contributed by atoms with Crippen molar-refractivity contribution in [3.63, 3.8) is 0 Å². The van der Waals surface area contributed by atoms with E-state index in [4.69, 9.17) is 9.98 Å². The highest BCUT2D eigenvalue weighted by atomic mass is 16.3. The Morgan fingerprint density at radius 3 is 1.45 bits per heavy atom. The van der Waals surface area contributed by atoms with Gasteiger partial charge in [-0.05, 0) is 73.9 Å². The summed E-state index contributed by atoms with van der Waals surface area (Å²) in [6.45, 7) is 4.47. The van der Waals surface area contributed by atoms with E-state index in [2.05, 4.69) is 26.0 Å². The van der Waals surface area contributed by atoms with Gasteiger partial charge in [0.2, 0.25) is 0 Å². The lowest BCUT2D eigenvalue weighted by molar-refractivity contribution is 0.390. The number of unbranched alkanes of at least 4 members (excludes halogenated alkanes) is 8. The van der Waals surface area contributed by atoms with E-state index >= 15 is 0 Å². The van der Waals surface area contributed by atoms with Crippen molar-refractivity contribution < 1.29 is 10.2 Å². The van der Waals surface area contributed by atoms with E-state index in [1.165, 1.54) is 75.3 Å². The Kier molecular flexibility index (Phi) is 13.4. The summed E-state index contributed by atoms with van der Waals surface area (Å²) in [6, 6.07) is 12.2. The molecule has 0 unspecified atom stereocenters. The lowest BCUT2D eigenvalue weighted by Gasteiger charge is -2.25. The average molecular weight is 519 g/mol. The zero-order chi connectivity index (χ0) is 27.0. The molecule has 3 rings (SSSR count). The molecule has 0 spiro atoms. The lowest BCUT2D eigenvalue weighted by atomic mass is 9.91. The molecule has 0 radical (unpaired) electrons. The maximum absolute atomic E-state index is 10.6. The summed E-state index contributed by atoms with van der Waals surface area (Å²) in [5, 5.41) is 21.2. The molecule has 1 fully saturated rings. The predicted octanol–water partition coefficient (Wildman–Crippen LogP) is 8.97. The molecule has 1 saturated carbocycles. The van der Waals surface area contributed by atoms with Crippen molar-refractivity contribution in [2.75, 3.05) is 0 Å². The molecule has 38 heavy (non-hydrogen) atoms. The fourth-order valence-corrected chi connectivity index (χ4v) is 5.36. The topological polar surface area (TPSA) is 65.2 Å². The molecule has 4 nitrogen and oxygen atoms in total. The molecule has 208 valence electrons. The highest BCUT2D eigenvalue weighted by molar-refractivity contribution is 5.84. The molecule has 2 aromatic carbocycles. The fourth-order valence-electron chi connectivity index (χ4n) is 5.36. The molecule has 0 aliphatic heterocycles. The van der Waals surface area contributed by atoms with E-state index < -0.39 is 0 Å². The predicted molar refractivity (Wildman–Crippen MR) is 162 cm³/mol. The Labute approximate surface area is 231 Å². The van der Waals surface area contributed by atoms with Crippen LogP contribution in [-0.4, -0.2) is 34.7 Å². The largest absolute Gasteiger partial charge is 0.507 e. The number of aromatic hydroxyl groups is 2. The number of nitrogens with zero attached hydrogens (tertiary/aromatic N) is 2. The van der Waals surface area contributed by atoms with Crippen molar-refractivity contribution in [2.24, 2.45) is 9.98 Å². The normalized spacial score (nSPS) is 18.1. The van der Waals surface area contributed by atoms with E-state index in [9.17, 15) is 10.2 Å². The number of benzene rings is 2. The van der Waals surface area contributed by atoms with Gasteiger partial charge in [0.05, 0.1) is 12.1 Å². The first-order valence-corrected chi connectivity index (χ1v) is 15.3. The summed E-state index contributed by atoms with van der Waals surface area (Å²) in [6.07, 6.45) is 22.5. The third-order valence-corrected chi connectivity index (χ3v) is 7.83. The minimum Gasteiger partial charge on any atom is -0.507 e. The Morgan fingerprint density at radius 1 is 0.632 bits per heavy atom. The highest BCUT2D eigenvalue weighted by Gasteiger charge is 2.23. The number of phenolic OH excluding ortho intramolecular Hbond substituents is 2. The van der Waals surface area contributed by atoms with Gasteiger partial charge in [-0.25, -0.2) is 0 Å². The van der Waals surface area contributed by atoms with Crippen LogP contribution in [0, 0.1) is 0 Å². The smallest absolute Gasteiger partial charge is 0.124 e. The van der Waals surface area contributed by atoms with Gasteiger partial charge in [-0.2, -0.15) is 0 Å². The van der Waals surface area contributed by atoms with Crippen molar-refractivity contribution in [3.8, 4) is 11.5 Å². The van der Waals surface area contributed by atoms with Crippen molar-refractivity contribution in [3.05, 3.63) is 58.7 Å². The first-order chi connectivity index (χ1) is 18.6. The van der Waals surface area contributed by atoms with Gasteiger partial charge in [-0.3, -0.25) is 9.98 Å². The van der Waals surface area contributed by atoms with Crippen LogP contribution in [0.5, 0.6) is 11.5 Å². The molecular weight excluding hydrogens is 468 g/mol. The van der Waals surface area contributed by atoms with Crippen LogP contribution in [0.1, 0.15) is 126 Å². The van der Waals surface area contributed by atoms with Crippen LogP contribution in [0.25, 0.3) is 0 Å². The number of aryl methyl sites for hydroxylation is 2. The van der Waals surface area contributed by atoms with Gasteiger partial charge < -0.3 is 10.2 Å². The number of hydrogen-bond donors (Lipinski definition) is 2. The average Bonchev–Trinajstić information content (AvgIpc) is 2.92. The molecule has 2 N–H and O–H groups in total. The summed E-state index contributed by atoms with van der Waals surface area (Å²) in [4.78, 5) is 9.73. The van der Waals surface area contributed by atoms with Crippen LogP contribution in [0.3, 0.4) is 0 Å². The number of aliphatic imine (C=N–C) groups is 2. The van der Waals surface area contributed by atoms with Crippen LogP contribution in [0.15, 0.2) is 46.4 Å². The van der Waals surface area contributed by atoms with Gasteiger partial charge in [0.25, 0.3) is 0 Å². The quantitative estimate of drug-likeness (QED) is 0.172. The molecule has 2 atom stereocenters. The molecule has 2 aromatic rings. The van der Waals surface area contributed by atoms with Crippen LogP contribution in [0.2, 0.25) is 0 Å². The van der Waals surface area contributed by atoms with Crippen LogP contribution >= 0.6 is 0 Å². The number of phenols is 2. The second-order valence-electron chi connectivity index (χ2n) is 11.1. The molecule has 0 saturated heterocycles. The monoisotopic (exact) mass is 518 g/mol. The summed E-state index contributed by atoms with van der Waals surface area (Å²) in [5.41, 5.74) is 3.93. The van der Waals surface area contributed by atoms with Crippen LogP contribution < -0.4 is 0 Å². The fraction of sp³-hybridized carbons (Fsp3) is 0.588. The SMILES string of the molecule is CCCCCCCc1ccc(C=N[C@H]2CCCC[C@@H]2N=Cc2ccc(CCCCCCC)cc2O)c(O)c1. The maximum atomic E-state index is 10.6. The second kappa shape index (κ2) is 17.1. The Hall–Kier alpha value is -2.62. The van der Waals surface area contributed by atoms with Crippen molar-refractivity contribution in [1.29, 1.82) is 0 Å². The number of rotatable bonds is 16. The second-order valence-corrected chi connectivity index (χ2v) is 11.1. The van der Waals surface area contributed by atoms with Gasteiger partial charge in [-0.15, -0.1) is 0 Å². The van der Waals surface area contributed by atoms with Crippen LogP contribution in [-0.2, 0) is 12.8 Å². The third-order valence-electron chi connectivity index (χ3n) is 7.83. The summed E-state index contributed by atoms with van der Waals surface area (Å²) in [5.74, 6) is 0.622. The van der Waals surface area contributed by atoms with E-state index in [-0.39, 0.29) is 12.1 Å². The van der Waals surface area contributed by atoms with Gasteiger partial charge >= 0.3 is 0 Å². The van der Waals surface area contributed by atoms with E-state index in [0.717, 1.165) is 49.7 Å². The summed E-state index contributed by atoms with van der Waals surface area (Å²) < 4.78 is 0. The van der Waals surface area contributed by atoms with Gasteiger partial charge in [0, 0.05) is 23.6 Å². The molecule has 0 aromatic heterocycles. The summed E-state index contributed by atoms with van der Waals surface area (Å²) >= 11 is 0. The highest BCUT2D eigenvalue weighted by Crippen LogP contribution is 2.26.